The van der Waals surface area contributed by atoms with Gasteiger partial charge in [0.1, 0.15) is 6.04 Å². The molecular weight excluding hydrogens is 276 g/mol. The largest absolute Gasteiger partial charge is 0.480 e. The molecule has 0 aromatic carbocycles. The highest BCUT2D eigenvalue weighted by Gasteiger charge is 2.22. The van der Waals surface area contributed by atoms with Crippen LogP contribution in [0, 0.1) is 13.8 Å². The van der Waals surface area contributed by atoms with Gasteiger partial charge in [0.2, 0.25) is 0 Å². The number of carboxylic acid groups (broad SMARTS) is 1. The smallest absolute Gasteiger partial charge is 0.326 e. The Morgan fingerprint density at radius 3 is 2.76 bits per heavy atom. The lowest BCUT2D eigenvalue weighted by Crippen LogP contribution is -2.41. The van der Waals surface area contributed by atoms with Gasteiger partial charge in [0.25, 0.3) is 5.91 Å². The van der Waals surface area contributed by atoms with Crippen molar-refractivity contribution in [2.24, 2.45) is 0 Å². The molecule has 2 aromatic heterocycles. The normalized spacial score (nSPS) is 12.3. The molecule has 0 spiro atoms. The third-order valence-corrected chi connectivity index (χ3v) is 3.11. The third-order valence-electron chi connectivity index (χ3n) is 3.11. The number of aryl methyl sites for hydroxylation is 2. The van der Waals surface area contributed by atoms with Crippen LogP contribution < -0.4 is 5.32 Å². The summed E-state index contributed by atoms with van der Waals surface area (Å²) in [4.78, 5) is 27.3. The molecule has 2 rings (SSSR count). The average Bonchev–Trinajstić information content (AvgIpc) is 2.80. The summed E-state index contributed by atoms with van der Waals surface area (Å²) >= 11 is 0. The minimum absolute atomic E-state index is 0.0589. The Morgan fingerprint density at radius 2 is 2.14 bits per heavy atom. The summed E-state index contributed by atoms with van der Waals surface area (Å²) in [6.45, 7) is 3.19. The topological polar surface area (TPSA) is 117 Å². The van der Waals surface area contributed by atoms with E-state index in [2.05, 4.69) is 15.4 Å². The van der Waals surface area contributed by atoms with Gasteiger partial charge >= 0.3 is 5.97 Å². The SMILES string of the molecule is Cc1cc2ncc(C(=O)N[C@H](CCO)C(=O)O)c(C)n2n1. The lowest BCUT2D eigenvalue weighted by atomic mass is 10.1. The fourth-order valence-electron chi connectivity index (χ4n) is 2.01. The number of hydrogen-bond acceptors (Lipinski definition) is 5. The summed E-state index contributed by atoms with van der Waals surface area (Å²) in [6, 6.07) is 0.637. The van der Waals surface area contributed by atoms with E-state index in [0.717, 1.165) is 5.69 Å². The molecule has 1 amide bonds. The zero-order chi connectivity index (χ0) is 15.6. The Morgan fingerprint density at radius 1 is 1.43 bits per heavy atom. The van der Waals surface area contributed by atoms with Crippen molar-refractivity contribution >= 4 is 17.5 Å². The van der Waals surface area contributed by atoms with E-state index in [0.29, 0.717) is 11.3 Å². The van der Waals surface area contributed by atoms with Gasteiger partial charge < -0.3 is 15.5 Å². The third kappa shape index (κ3) is 3.00. The summed E-state index contributed by atoms with van der Waals surface area (Å²) in [7, 11) is 0. The molecule has 0 unspecified atom stereocenters. The molecule has 1 atom stereocenters. The predicted molar refractivity (Wildman–Crippen MR) is 73.1 cm³/mol. The van der Waals surface area contributed by atoms with Crippen LogP contribution >= 0.6 is 0 Å². The summed E-state index contributed by atoms with van der Waals surface area (Å²) in [5, 5.41) is 24.4. The summed E-state index contributed by atoms with van der Waals surface area (Å²) < 4.78 is 1.53. The average molecular weight is 292 g/mol. The van der Waals surface area contributed by atoms with Gasteiger partial charge in [-0.2, -0.15) is 5.10 Å². The minimum atomic E-state index is -1.20. The van der Waals surface area contributed by atoms with Gasteiger partial charge in [-0.3, -0.25) is 4.79 Å². The first kappa shape index (κ1) is 14.9. The molecule has 0 aliphatic rings. The van der Waals surface area contributed by atoms with Crippen molar-refractivity contribution in [1.29, 1.82) is 0 Å². The quantitative estimate of drug-likeness (QED) is 0.709. The number of rotatable bonds is 5. The van der Waals surface area contributed by atoms with Crippen molar-refractivity contribution in [2.75, 3.05) is 6.61 Å². The first-order chi connectivity index (χ1) is 9.93. The van der Waals surface area contributed by atoms with Crippen molar-refractivity contribution in [3.8, 4) is 0 Å². The number of carbonyl (C=O) groups excluding carboxylic acids is 1. The van der Waals surface area contributed by atoms with Crippen LogP contribution in [0.1, 0.15) is 28.2 Å². The molecule has 0 fully saturated rings. The molecule has 0 aliphatic carbocycles. The highest BCUT2D eigenvalue weighted by Crippen LogP contribution is 2.11. The fourth-order valence-corrected chi connectivity index (χ4v) is 2.01. The van der Waals surface area contributed by atoms with Crippen LogP contribution in [0.15, 0.2) is 12.3 Å². The number of aliphatic hydroxyl groups excluding tert-OH is 1. The second kappa shape index (κ2) is 5.88. The van der Waals surface area contributed by atoms with E-state index in [9.17, 15) is 9.59 Å². The van der Waals surface area contributed by atoms with Crippen molar-refractivity contribution in [3.05, 3.63) is 29.2 Å². The predicted octanol–water partition coefficient (Wildman–Crippen LogP) is -0.0885. The molecule has 0 saturated heterocycles. The lowest BCUT2D eigenvalue weighted by molar-refractivity contribution is -0.139. The molecule has 0 radical (unpaired) electrons. The summed E-state index contributed by atoms with van der Waals surface area (Å²) in [6.07, 6.45) is 1.33. The van der Waals surface area contributed by atoms with E-state index in [1.54, 1.807) is 13.0 Å². The molecule has 21 heavy (non-hydrogen) atoms. The molecule has 8 nitrogen and oxygen atoms in total. The van der Waals surface area contributed by atoms with Crippen molar-refractivity contribution in [1.82, 2.24) is 19.9 Å². The zero-order valence-corrected chi connectivity index (χ0v) is 11.7. The highest BCUT2D eigenvalue weighted by molar-refractivity contribution is 5.97. The lowest BCUT2D eigenvalue weighted by Gasteiger charge is -2.14. The number of hydrogen-bond donors (Lipinski definition) is 3. The molecule has 2 heterocycles. The maximum Gasteiger partial charge on any atom is 0.326 e. The van der Waals surface area contributed by atoms with Crippen LogP contribution in [0.2, 0.25) is 0 Å². The highest BCUT2D eigenvalue weighted by atomic mass is 16.4. The van der Waals surface area contributed by atoms with Crippen LogP contribution in [0.4, 0.5) is 0 Å². The number of carboxylic acids is 1. The molecular formula is C13H16N4O4. The maximum atomic E-state index is 12.2. The molecule has 0 bridgehead atoms. The Kier molecular flexibility index (Phi) is 4.18. The number of nitrogens with one attached hydrogen (secondary N) is 1. The Hall–Kier alpha value is -2.48. The van der Waals surface area contributed by atoms with Gasteiger partial charge in [-0.1, -0.05) is 0 Å². The number of aliphatic carboxylic acids is 1. The fraction of sp³-hybridized carbons (Fsp3) is 0.385. The number of fused-ring (bicyclic) bond motifs is 1. The molecule has 0 aliphatic heterocycles. The minimum Gasteiger partial charge on any atom is -0.480 e. The van der Waals surface area contributed by atoms with Gasteiger partial charge in [0.15, 0.2) is 5.65 Å². The van der Waals surface area contributed by atoms with Crippen LogP contribution in [-0.4, -0.2) is 49.3 Å². The van der Waals surface area contributed by atoms with Crippen molar-refractivity contribution in [3.63, 3.8) is 0 Å². The van der Waals surface area contributed by atoms with Crippen molar-refractivity contribution in [2.45, 2.75) is 26.3 Å². The molecule has 112 valence electrons. The first-order valence-electron chi connectivity index (χ1n) is 6.40. The van der Waals surface area contributed by atoms with E-state index in [-0.39, 0.29) is 18.6 Å². The second-order valence-corrected chi connectivity index (χ2v) is 4.69. The Bertz CT molecular complexity index is 695. The number of nitrogens with zero attached hydrogens (tertiary/aromatic N) is 3. The molecule has 0 saturated carbocycles. The van der Waals surface area contributed by atoms with E-state index in [1.165, 1.54) is 10.7 Å². The molecule has 2 aromatic rings. The molecule has 3 N–H and O–H groups in total. The van der Waals surface area contributed by atoms with E-state index in [4.69, 9.17) is 10.2 Å². The monoisotopic (exact) mass is 292 g/mol. The second-order valence-electron chi connectivity index (χ2n) is 4.69. The standard InChI is InChI=1S/C13H16N4O4/c1-7-5-11-14-6-9(8(2)17(11)16-7)12(19)15-10(3-4-18)13(20)21/h5-6,10,18H,3-4H2,1-2H3,(H,15,19)(H,20,21)/t10-/m1/s1. The Balaban J connectivity index is 2.30. The maximum absolute atomic E-state index is 12.2. The van der Waals surface area contributed by atoms with Gasteiger partial charge in [0, 0.05) is 25.3 Å². The summed E-state index contributed by atoms with van der Waals surface area (Å²) in [5.41, 5.74) is 2.20. The van der Waals surface area contributed by atoms with Gasteiger partial charge in [0.05, 0.1) is 17.0 Å². The Labute approximate surface area is 120 Å². The number of carbonyl (C=O) groups is 2. The number of aromatic nitrogens is 3. The van der Waals surface area contributed by atoms with Gasteiger partial charge in [-0.05, 0) is 13.8 Å². The van der Waals surface area contributed by atoms with Gasteiger partial charge in [-0.25, -0.2) is 14.3 Å². The van der Waals surface area contributed by atoms with E-state index >= 15 is 0 Å². The first-order valence-corrected chi connectivity index (χ1v) is 6.40. The van der Waals surface area contributed by atoms with E-state index in [1.807, 2.05) is 6.92 Å². The van der Waals surface area contributed by atoms with Crippen LogP contribution in [-0.2, 0) is 4.79 Å². The summed E-state index contributed by atoms with van der Waals surface area (Å²) in [5.74, 6) is -1.75. The molecule has 8 heteroatoms. The zero-order valence-electron chi connectivity index (χ0n) is 11.7. The number of amides is 1. The van der Waals surface area contributed by atoms with Crippen LogP contribution in [0.25, 0.3) is 5.65 Å². The van der Waals surface area contributed by atoms with Crippen LogP contribution in [0.3, 0.4) is 0 Å². The van der Waals surface area contributed by atoms with E-state index < -0.39 is 17.9 Å². The van der Waals surface area contributed by atoms with Crippen molar-refractivity contribution < 1.29 is 19.8 Å². The number of aliphatic hydroxyl groups is 1. The van der Waals surface area contributed by atoms with Crippen LogP contribution in [0.5, 0.6) is 0 Å². The van der Waals surface area contributed by atoms with Gasteiger partial charge in [-0.15, -0.1) is 0 Å².